The van der Waals surface area contributed by atoms with Crippen molar-refractivity contribution < 1.29 is 24.5 Å². The summed E-state index contributed by atoms with van der Waals surface area (Å²) in [5, 5.41) is 21.6. The molecule has 5 nitrogen and oxygen atoms in total. The Labute approximate surface area is 180 Å². The Balaban J connectivity index is 1.60. The van der Waals surface area contributed by atoms with Crippen molar-refractivity contribution in [1.82, 2.24) is 0 Å². The molecule has 0 spiro atoms. The molecule has 30 heavy (non-hydrogen) atoms. The van der Waals surface area contributed by atoms with Crippen LogP contribution in [0, 0.1) is 46.3 Å². The fraction of sp³-hybridized carbons (Fsp3) is 0.920. The highest BCUT2D eigenvalue weighted by Gasteiger charge is 2.67. The Morgan fingerprint density at radius 3 is 2.60 bits per heavy atom. The number of aliphatic hydroxyl groups excluding tert-OH is 2. The Hall–Kier alpha value is -0.940. The van der Waals surface area contributed by atoms with Crippen LogP contribution in [0.15, 0.2) is 0 Å². The number of hydrogen-bond acceptors (Lipinski definition) is 5. The number of carbonyl (C=O) groups is 2. The maximum absolute atomic E-state index is 13.8. The number of esters is 1. The molecule has 170 valence electrons. The Kier molecular flexibility index (Phi) is 5.85. The molecule has 4 saturated carbocycles. The fourth-order valence-electron chi connectivity index (χ4n) is 8.66. The summed E-state index contributed by atoms with van der Waals surface area (Å²) < 4.78 is 4.81. The minimum atomic E-state index is -0.896. The third-order valence-corrected chi connectivity index (χ3v) is 10.3. The first-order valence-electron chi connectivity index (χ1n) is 12.1. The Morgan fingerprint density at radius 2 is 1.90 bits per heavy atom. The summed E-state index contributed by atoms with van der Waals surface area (Å²) in [4.78, 5) is 25.4. The lowest BCUT2D eigenvalue weighted by Gasteiger charge is -2.61. The molecule has 4 aliphatic rings. The zero-order valence-electron chi connectivity index (χ0n) is 19.1. The van der Waals surface area contributed by atoms with E-state index in [1.807, 2.05) is 0 Å². The second-order valence-corrected chi connectivity index (χ2v) is 11.4. The number of aliphatic hydroxyl groups is 2. The highest BCUT2D eigenvalue weighted by atomic mass is 16.5. The zero-order valence-corrected chi connectivity index (χ0v) is 19.1. The third kappa shape index (κ3) is 3.18. The quantitative estimate of drug-likeness (QED) is 0.677. The first-order valence-corrected chi connectivity index (χ1v) is 12.1. The lowest BCUT2D eigenvalue weighted by atomic mass is 9.43. The van der Waals surface area contributed by atoms with E-state index in [2.05, 4.69) is 20.8 Å². The molecule has 0 aromatic heterocycles. The lowest BCUT2D eigenvalue weighted by Crippen LogP contribution is -2.63. The highest BCUT2D eigenvalue weighted by Crippen LogP contribution is 2.67. The number of hydrogen-bond donors (Lipinski definition) is 2. The molecule has 0 bridgehead atoms. The number of Topliss-reactive ketones (excluding diaryl/α,β-unsaturated/α-hetero) is 1. The molecule has 0 amide bonds. The van der Waals surface area contributed by atoms with Gasteiger partial charge in [0.05, 0.1) is 13.2 Å². The number of ketones is 1. The minimum absolute atomic E-state index is 0.0263. The number of fused-ring (bicyclic) bond motifs is 5. The van der Waals surface area contributed by atoms with Crippen LogP contribution in [0.5, 0.6) is 0 Å². The Morgan fingerprint density at radius 1 is 1.17 bits per heavy atom. The molecular formula is C25H40O5. The lowest BCUT2D eigenvalue weighted by molar-refractivity contribution is -0.188. The standard InChI is InChI=1S/C25H40O5/c1-14(5-10-20(27)30-4)18-8-9-19-17-7-6-15-13-16(26)11-12-24(15,2)21(17)22(28)23(29)25(18,19)3/h14-19,21-22,26,28H,5-13H2,1-4H3/t14-,15-,16-,17+,18-,19+,21-,22+,24+,25-/m1/s1. The van der Waals surface area contributed by atoms with Crippen molar-refractivity contribution in [1.29, 1.82) is 0 Å². The van der Waals surface area contributed by atoms with Gasteiger partial charge in [0.2, 0.25) is 0 Å². The first-order chi connectivity index (χ1) is 14.1. The molecule has 4 aliphatic carbocycles. The molecule has 0 radical (unpaired) electrons. The summed E-state index contributed by atoms with van der Waals surface area (Å²) >= 11 is 0. The number of rotatable bonds is 4. The summed E-state index contributed by atoms with van der Waals surface area (Å²) in [6.07, 6.45) is 6.72. The Bertz CT molecular complexity index is 691. The normalized spacial score (nSPS) is 49.0. The fourth-order valence-corrected chi connectivity index (χ4v) is 8.66. The molecule has 0 heterocycles. The molecule has 0 unspecified atom stereocenters. The minimum Gasteiger partial charge on any atom is -0.469 e. The second-order valence-electron chi connectivity index (χ2n) is 11.4. The van der Waals surface area contributed by atoms with Crippen LogP contribution in [0.25, 0.3) is 0 Å². The number of carbonyl (C=O) groups excluding carboxylic acids is 2. The molecule has 10 atom stereocenters. The summed E-state index contributed by atoms with van der Waals surface area (Å²) in [7, 11) is 1.42. The van der Waals surface area contributed by atoms with E-state index in [1.54, 1.807) is 0 Å². The molecule has 0 aliphatic heterocycles. The van der Waals surface area contributed by atoms with E-state index >= 15 is 0 Å². The molecule has 0 aromatic carbocycles. The van der Waals surface area contributed by atoms with Gasteiger partial charge in [0.15, 0.2) is 5.78 Å². The highest BCUT2D eigenvalue weighted by molar-refractivity contribution is 5.91. The van der Waals surface area contributed by atoms with Gasteiger partial charge in [-0.15, -0.1) is 0 Å². The topological polar surface area (TPSA) is 83.8 Å². The van der Waals surface area contributed by atoms with Gasteiger partial charge in [-0.05, 0) is 86.4 Å². The average molecular weight is 421 g/mol. The van der Waals surface area contributed by atoms with Crippen molar-refractivity contribution in [3.05, 3.63) is 0 Å². The maximum atomic E-state index is 13.8. The van der Waals surface area contributed by atoms with Crippen molar-refractivity contribution >= 4 is 11.8 Å². The second kappa shape index (κ2) is 7.88. The summed E-state index contributed by atoms with van der Waals surface area (Å²) in [6.45, 7) is 6.56. The van der Waals surface area contributed by atoms with Crippen LogP contribution in [0.1, 0.15) is 78.6 Å². The monoisotopic (exact) mass is 420 g/mol. The van der Waals surface area contributed by atoms with Gasteiger partial charge in [0, 0.05) is 17.8 Å². The molecular weight excluding hydrogens is 380 g/mol. The predicted molar refractivity (Wildman–Crippen MR) is 113 cm³/mol. The van der Waals surface area contributed by atoms with Crippen LogP contribution in [-0.2, 0) is 14.3 Å². The molecule has 0 aromatic rings. The van der Waals surface area contributed by atoms with Gasteiger partial charge in [-0.2, -0.15) is 0 Å². The summed E-state index contributed by atoms with van der Waals surface area (Å²) in [5.74, 6) is 1.48. The van der Waals surface area contributed by atoms with Crippen LogP contribution in [0.4, 0.5) is 0 Å². The van der Waals surface area contributed by atoms with Gasteiger partial charge in [-0.3, -0.25) is 9.59 Å². The average Bonchev–Trinajstić information content (AvgIpc) is 3.08. The van der Waals surface area contributed by atoms with Gasteiger partial charge < -0.3 is 14.9 Å². The molecule has 5 heteroatoms. The van der Waals surface area contributed by atoms with E-state index < -0.39 is 11.5 Å². The number of methoxy groups -OCH3 is 1. The van der Waals surface area contributed by atoms with Gasteiger partial charge in [-0.1, -0.05) is 20.8 Å². The predicted octanol–water partition coefficient (Wildman–Crippen LogP) is 3.75. The molecule has 4 rings (SSSR count). The SMILES string of the molecule is COC(=O)CC[C@@H](C)[C@H]1CC[C@H]2[C@@H]3CC[C@@H]4C[C@H](O)CC[C@]4(C)[C@H]3[C@H](O)C(=O)[C@]12C. The first kappa shape index (κ1) is 22.3. The molecule has 0 saturated heterocycles. The van der Waals surface area contributed by atoms with Crippen molar-refractivity contribution in [2.75, 3.05) is 7.11 Å². The molecule has 2 N–H and O–H groups in total. The van der Waals surface area contributed by atoms with Gasteiger partial charge in [0.1, 0.15) is 6.10 Å². The van der Waals surface area contributed by atoms with Gasteiger partial charge in [0.25, 0.3) is 0 Å². The van der Waals surface area contributed by atoms with E-state index in [-0.39, 0.29) is 41.0 Å². The van der Waals surface area contributed by atoms with Gasteiger partial charge >= 0.3 is 5.97 Å². The van der Waals surface area contributed by atoms with Crippen molar-refractivity contribution in [3.63, 3.8) is 0 Å². The van der Waals surface area contributed by atoms with Crippen molar-refractivity contribution in [2.24, 2.45) is 46.3 Å². The van der Waals surface area contributed by atoms with Crippen LogP contribution >= 0.6 is 0 Å². The smallest absolute Gasteiger partial charge is 0.305 e. The van der Waals surface area contributed by atoms with E-state index in [1.165, 1.54) is 7.11 Å². The summed E-state index contributed by atoms with van der Waals surface area (Å²) in [5.41, 5.74) is -0.541. The van der Waals surface area contributed by atoms with Crippen LogP contribution in [-0.4, -0.2) is 41.3 Å². The van der Waals surface area contributed by atoms with Crippen LogP contribution < -0.4 is 0 Å². The van der Waals surface area contributed by atoms with Crippen molar-refractivity contribution in [3.8, 4) is 0 Å². The van der Waals surface area contributed by atoms with E-state index in [0.717, 1.165) is 51.4 Å². The van der Waals surface area contributed by atoms with E-state index in [9.17, 15) is 19.8 Å². The third-order valence-electron chi connectivity index (χ3n) is 10.3. The summed E-state index contributed by atoms with van der Waals surface area (Å²) in [6, 6.07) is 0. The largest absolute Gasteiger partial charge is 0.469 e. The van der Waals surface area contributed by atoms with E-state index in [4.69, 9.17) is 4.74 Å². The van der Waals surface area contributed by atoms with Crippen molar-refractivity contribution in [2.45, 2.75) is 90.8 Å². The molecule has 4 fully saturated rings. The zero-order chi connectivity index (χ0) is 21.8. The van der Waals surface area contributed by atoms with E-state index in [0.29, 0.717) is 24.2 Å². The maximum Gasteiger partial charge on any atom is 0.305 e. The van der Waals surface area contributed by atoms with Crippen LogP contribution in [0.3, 0.4) is 0 Å². The number of ether oxygens (including phenoxy) is 1. The van der Waals surface area contributed by atoms with Crippen LogP contribution in [0.2, 0.25) is 0 Å². The van der Waals surface area contributed by atoms with Gasteiger partial charge in [-0.25, -0.2) is 0 Å².